The molecule has 0 fully saturated rings. The number of nitrogens with one attached hydrogen (secondary N) is 1. The first kappa shape index (κ1) is 13.3. The van der Waals surface area contributed by atoms with Crippen LogP contribution in [0.25, 0.3) is 0 Å². The van der Waals surface area contributed by atoms with E-state index in [0.717, 1.165) is 15.8 Å². The van der Waals surface area contributed by atoms with E-state index in [4.69, 9.17) is 4.42 Å². The Hall–Kier alpha value is -1.10. The van der Waals surface area contributed by atoms with Gasteiger partial charge in [0.15, 0.2) is 0 Å². The molecule has 4 heteroatoms. The third kappa shape index (κ3) is 3.22. The fourth-order valence-electron chi connectivity index (χ4n) is 1.77. The Bertz CT molecular complexity index is 497. The van der Waals surface area contributed by atoms with Crippen molar-refractivity contribution in [1.82, 2.24) is 5.32 Å². The second-order valence-electron chi connectivity index (χ2n) is 4.23. The Morgan fingerprint density at radius 3 is 2.83 bits per heavy atom. The van der Waals surface area contributed by atoms with Crippen LogP contribution < -0.4 is 5.32 Å². The number of furan rings is 1. The van der Waals surface area contributed by atoms with Crippen LogP contribution in [0.3, 0.4) is 0 Å². The highest BCUT2D eigenvalue weighted by Gasteiger charge is 2.12. The molecule has 0 spiro atoms. The zero-order valence-electron chi connectivity index (χ0n) is 10.2. The predicted octanol–water partition coefficient (Wildman–Crippen LogP) is 3.17. The molecule has 2 rings (SSSR count). The maximum atomic E-state index is 9.36. The Balaban J connectivity index is 2.02. The topological polar surface area (TPSA) is 45.4 Å². The fourth-order valence-corrected chi connectivity index (χ4v) is 2.41. The Morgan fingerprint density at radius 1 is 1.39 bits per heavy atom. The molecule has 3 nitrogen and oxygen atoms in total. The van der Waals surface area contributed by atoms with Crippen molar-refractivity contribution in [3.8, 4) is 0 Å². The Labute approximate surface area is 115 Å². The minimum atomic E-state index is -0.173. The minimum Gasteiger partial charge on any atom is -0.468 e. The predicted molar refractivity (Wildman–Crippen MR) is 74.3 cm³/mol. The fraction of sp³-hybridized carbons (Fsp3) is 0.286. The van der Waals surface area contributed by atoms with Gasteiger partial charge >= 0.3 is 0 Å². The van der Waals surface area contributed by atoms with Gasteiger partial charge in [0, 0.05) is 11.0 Å². The quantitative estimate of drug-likeness (QED) is 0.891. The summed E-state index contributed by atoms with van der Waals surface area (Å²) < 4.78 is 6.37. The Morgan fingerprint density at radius 2 is 2.22 bits per heavy atom. The smallest absolute Gasteiger partial charge is 0.123 e. The van der Waals surface area contributed by atoms with E-state index in [1.807, 2.05) is 12.1 Å². The lowest BCUT2D eigenvalue weighted by molar-refractivity contribution is 0.225. The molecule has 0 amide bonds. The van der Waals surface area contributed by atoms with Crippen LogP contribution >= 0.6 is 15.9 Å². The summed E-state index contributed by atoms with van der Waals surface area (Å²) in [5.74, 6) is 0.751. The van der Waals surface area contributed by atoms with Gasteiger partial charge in [-0.25, -0.2) is 0 Å². The summed E-state index contributed by atoms with van der Waals surface area (Å²) in [6, 6.07) is 9.73. The molecule has 2 N–H and O–H groups in total. The van der Waals surface area contributed by atoms with Gasteiger partial charge < -0.3 is 14.8 Å². The van der Waals surface area contributed by atoms with Gasteiger partial charge in [0.1, 0.15) is 5.76 Å². The van der Waals surface area contributed by atoms with E-state index in [1.54, 1.807) is 6.26 Å². The van der Waals surface area contributed by atoms with Crippen LogP contribution in [0, 0.1) is 6.92 Å². The average molecular weight is 310 g/mol. The van der Waals surface area contributed by atoms with Crippen molar-refractivity contribution in [2.75, 3.05) is 6.61 Å². The molecule has 0 aliphatic carbocycles. The van der Waals surface area contributed by atoms with Crippen LogP contribution in [0.2, 0.25) is 0 Å². The van der Waals surface area contributed by atoms with Crippen molar-refractivity contribution in [3.05, 3.63) is 58.0 Å². The number of rotatable bonds is 5. The van der Waals surface area contributed by atoms with Gasteiger partial charge in [-0.1, -0.05) is 28.1 Å². The molecule has 1 atom stereocenters. The molecule has 2 aromatic rings. The van der Waals surface area contributed by atoms with Gasteiger partial charge in [-0.3, -0.25) is 0 Å². The van der Waals surface area contributed by atoms with Gasteiger partial charge in [0.25, 0.3) is 0 Å². The summed E-state index contributed by atoms with van der Waals surface area (Å²) in [6.07, 6.45) is 1.61. The van der Waals surface area contributed by atoms with Gasteiger partial charge in [0.2, 0.25) is 0 Å². The molecular weight excluding hydrogens is 294 g/mol. The molecule has 0 bridgehead atoms. The van der Waals surface area contributed by atoms with E-state index in [0.29, 0.717) is 6.54 Å². The number of aryl methyl sites for hydroxylation is 1. The Kier molecular flexibility index (Phi) is 4.58. The van der Waals surface area contributed by atoms with Crippen LogP contribution in [-0.4, -0.2) is 11.7 Å². The normalized spacial score (nSPS) is 12.6. The maximum Gasteiger partial charge on any atom is 0.123 e. The van der Waals surface area contributed by atoms with Crippen LogP contribution in [0.15, 0.2) is 45.5 Å². The molecule has 1 heterocycles. The zero-order chi connectivity index (χ0) is 13.0. The molecule has 1 aromatic carbocycles. The standard InChI is InChI=1S/C14H16BrNO2/c1-10-4-5-11(12(15)7-10)8-16-13(9-17)14-3-2-6-18-14/h2-7,13,16-17H,8-9H2,1H3/t13-/m0/s1. The highest BCUT2D eigenvalue weighted by atomic mass is 79.9. The first-order valence-corrected chi connectivity index (χ1v) is 6.62. The molecule has 0 saturated carbocycles. The van der Waals surface area contributed by atoms with Crippen LogP contribution in [0.5, 0.6) is 0 Å². The third-order valence-corrected chi connectivity index (χ3v) is 3.55. The van der Waals surface area contributed by atoms with E-state index in [2.05, 4.69) is 46.4 Å². The molecule has 18 heavy (non-hydrogen) atoms. The average Bonchev–Trinajstić information content (AvgIpc) is 2.86. The summed E-state index contributed by atoms with van der Waals surface area (Å²) in [4.78, 5) is 0. The molecule has 0 aliphatic heterocycles. The third-order valence-electron chi connectivity index (χ3n) is 2.82. The highest BCUT2D eigenvalue weighted by molar-refractivity contribution is 9.10. The van der Waals surface area contributed by atoms with E-state index >= 15 is 0 Å². The van der Waals surface area contributed by atoms with Crippen molar-refractivity contribution < 1.29 is 9.52 Å². The molecule has 0 unspecified atom stereocenters. The van der Waals surface area contributed by atoms with Crippen molar-refractivity contribution in [3.63, 3.8) is 0 Å². The van der Waals surface area contributed by atoms with E-state index in [1.165, 1.54) is 5.56 Å². The van der Waals surface area contributed by atoms with Crippen molar-refractivity contribution in [1.29, 1.82) is 0 Å². The molecule has 1 aromatic heterocycles. The van der Waals surface area contributed by atoms with Crippen LogP contribution in [-0.2, 0) is 6.54 Å². The second kappa shape index (κ2) is 6.18. The molecular formula is C14H16BrNO2. The minimum absolute atomic E-state index is 0.0109. The largest absolute Gasteiger partial charge is 0.468 e. The first-order valence-electron chi connectivity index (χ1n) is 5.83. The van der Waals surface area contributed by atoms with E-state index in [-0.39, 0.29) is 12.6 Å². The number of hydrogen-bond acceptors (Lipinski definition) is 3. The summed E-state index contributed by atoms with van der Waals surface area (Å²) in [5, 5.41) is 12.6. The highest BCUT2D eigenvalue weighted by Crippen LogP contribution is 2.20. The summed E-state index contributed by atoms with van der Waals surface area (Å²) >= 11 is 3.54. The van der Waals surface area contributed by atoms with Gasteiger partial charge in [-0.2, -0.15) is 0 Å². The van der Waals surface area contributed by atoms with Crippen LogP contribution in [0.1, 0.15) is 22.9 Å². The van der Waals surface area contributed by atoms with Crippen molar-refractivity contribution in [2.45, 2.75) is 19.5 Å². The summed E-state index contributed by atoms with van der Waals surface area (Å²) in [5.41, 5.74) is 2.38. The molecule has 0 saturated heterocycles. The SMILES string of the molecule is Cc1ccc(CN[C@@H](CO)c2ccco2)c(Br)c1. The lowest BCUT2D eigenvalue weighted by Gasteiger charge is -2.14. The van der Waals surface area contributed by atoms with Crippen molar-refractivity contribution in [2.24, 2.45) is 0 Å². The molecule has 0 aliphatic rings. The van der Waals surface area contributed by atoms with Crippen molar-refractivity contribution >= 4 is 15.9 Å². The first-order chi connectivity index (χ1) is 8.70. The number of aliphatic hydroxyl groups is 1. The lowest BCUT2D eigenvalue weighted by atomic mass is 10.1. The lowest BCUT2D eigenvalue weighted by Crippen LogP contribution is -2.23. The zero-order valence-corrected chi connectivity index (χ0v) is 11.8. The monoisotopic (exact) mass is 309 g/mol. The van der Waals surface area contributed by atoms with Gasteiger partial charge in [-0.05, 0) is 36.2 Å². The van der Waals surface area contributed by atoms with Crippen LogP contribution in [0.4, 0.5) is 0 Å². The number of benzene rings is 1. The number of aliphatic hydroxyl groups excluding tert-OH is 1. The number of hydrogen-bond donors (Lipinski definition) is 2. The van der Waals surface area contributed by atoms with Gasteiger partial charge in [0.05, 0.1) is 18.9 Å². The maximum absolute atomic E-state index is 9.36. The van der Waals surface area contributed by atoms with E-state index < -0.39 is 0 Å². The molecule has 96 valence electrons. The second-order valence-corrected chi connectivity index (χ2v) is 5.08. The summed E-state index contributed by atoms with van der Waals surface area (Å²) in [7, 11) is 0. The van der Waals surface area contributed by atoms with Gasteiger partial charge in [-0.15, -0.1) is 0 Å². The summed E-state index contributed by atoms with van der Waals surface area (Å²) in [6.45, 7) is 2.74. The molecule has 0 radical (unpaired) electrons. The van der Waals surface area contributed by atoms with E-state index in [9.17, 15) is 5.11 Å². The number of halogens is 1.